The van der Waals surface area contributed by atoms with Crippen LogP contribution in [0.5, 0.6) is 0 Å². The molecule has 7 atom stereocenters. The molecule has 1 saturated heterocycles. The summed E-state index contributed by atoms with van der Waals surface area (Å²) < 4.78 is 11.3. The molecule has 1 rings (SSSR count). The Kier molecular flexibility index (Phi) is 62.0. The van der Waals surface area contributed by atoms with Crippen LogP contribution in [0.3, 0.4) is 0 Å². The SMILES string of the molecule is CC/C=C\C/C=C\C/C=C\C/C=C\C/C=C\C/C=C\C/C=C\C/C=C\C/C=C\CCCCCCCCCCCC(=O)NC(COC1OC(CO)C(O)C(O)C1O)C(O)/C=C/CC/C=C/CCCCCCCCCCCCCCCCCCCCCCCC. The predicted octanol–water partition coefficient (Wildman–Crippen LogP) is 20.4. The lowest BCUT2D eigenvalue weighted by atomic mass is 9.99. The summed E-state index contributed by atoms with van der Waals surface area (Å²) in [4.78, 5) is 13.1. The maximum atomic E-state index is 13.1. The summed E-state index contributed by atoms with van der Waals surface area (Å²) in [7, 11) is 0. The van der Waals surface area contributed by atoms with E-state index < -0.39 is 49.5 Å². The van der Waals surface area contributed by atoms with Crippen molar-refractivity contribution in [1.82, 2.24) is 5.32 Å². The summed E-state index contributed by atoms with van der Waals surface area (Å²) >= 11 is 0. The molecule has 0 bridgehead atoms. The van der Waals surface area contributed by atoms with Gasteiger partial charge in [-0.05, 0) is 103 Å². The molecule has 7 unspecified atom stereocenters. The molecule has 1 heterocycles. The number of aliphatic hydroxyl groups excluding tert-OH is 5. The highest BCUT2D eigenvalue weighted by atomic mass is 16.7. The van der Waals surface area contributed by atoms with Crippen molar-refractivity contribution in [3.05, 3.63) is 134 Å². The van der Waals surface area contributed by atoms with Crippen LogP contribution < -0.4 is 5.32 Å². The summed E-state index contributed by atoms with van der Waals surface area (Å²) in [5.74, 6) is -0.196. The highest BCUT2D eigenvalue weighted by Crippen LogP contribution is 2.23. The number of allylic oxidation sites excluding steroid dienone is 21. The number of hydrogen-bond donors (Lipinski definition) is 6. The molecule has 0 aromatic rings. The first-order chi connectivity index (χ1) is 43.3. The van der Waals surface area contributed by atoms with Gasteiger partial charge in [-0.1, -0.05) is 327 Å². The lowest BCUT2D eigenvalue weighted by Gasteiger charge is -2.40. The minimum absolute atomic E-state index is 0.196. The van der Waals surface area contributed by atoms with Gasteiger partial charge in [-0.3, -0.25) is 4.79 Å². The third-order valence-corrected chi connectivity index (χ3v) is 16.5. The number of carbonyl (C=O) groups excluding carboxylic acids is 1. The smallest absolute Gasteiger partial charge is 0.220 e. The van der Waals surface area contributed by atoms with Crippen molar-refractivity contribution < 1.29 is 39.8 Å². The molecule has 1 amide bonds. The summed E-state index contributed by atoms with van der Waals surface area (Å²) in [6.07, 6.45) is 94.1. The van der Waals surface area contributed by atoms with Crippen molar-refractivity contribution >= 4 is 5.91 Å². The highest BCUT2D eigenvalue weighted by Gasteiger charge is 2.44. The maximum Gasteiger partial charge on any atom is 0.220 e. The molecule has 9 heteroatoms. The number of amides is 1. The van der Waals surface area contributed by atoms with Crippen molar-refractivity contribution in [2.24, 2.45) is 0 Å². The average molecular weight is 1230 g/mol. The lowest BCUT2D eigenvalue weighted by Crippen LogP contribution is -2.60. The van der Waals surface area contributed by atoms with Gasteiger partial charge in [0.05, 0.1) is 25.4 Å². The van der Waals surface area contributed by atoms with Gasteiger partial charge in [-0.2, -0.15) is 0 Å². The Morgan fingerprint density at radius 1 is 0.398 bits per heavy atom. The highest BCUT2D eigenvalue weighted by molar-refractivity contribution is 5.76. The van der Waals surface area contributed by atoms with E-state index in [9.17, 15) is 30.3 Å². The van der Waals surface area contributed by atoms with E-state index in [-0.39, 0.29) is 12.5 Å². The summed E-state index contributed by atoms with van der Waals surface area (Å²) in [5.41, 5.74) is 0. The first kappa shape index (κ1) is 82.3. The van der Waals surface area contributed by atoms with Crippen molar-refractivity contribution in [1.29, 1.82) is 0 Å². The van der Waals surface area contributed by atoms with E-state index in [1.54, 1.807) is 6.08 Å². The molecule has 504 valence electrons. The largest absolute Gasteiger partial charge is 0.394 e. The molecule has 0 radical (unpaired) electrons. The first-order valence-corrected chi connectivity index (χ1v) is 36.4. The van der Waals surface area contributed by atoms with Crippen LogP contribution in [0.4, 0.5) is 0 Å². The van der Waals surface area contributed by atoms with Gasteiger partial charge in [0.25, 0.3) is 0 Å². The monoisotopic (exact) mass is 1230 g/mol. The molecule has 1 aliphatic heterocycles. The van der Waals surface area contributed by atoms with Crippen molar-refractivity contribution in [2.75, 3.05) is 13.2 Å². The molecule has 0 aliphatic carbocycles. The van der Waals surface area contributed by atoms with Gasteiger partial charge in [0.15, 0.2) is 6.29 Å². The number of ether oxygens (including phenoxy) is 2. The van der Waals surface area contributed by atoms with Crippen molar-refractivity contribution in [3.8, 4) is 0 Å². The Bertz CT molecular complexity index is 1860. The second kappa shape index (κ2) is 66.3. The molecule has 0 aromatic heterocycles. The molecule has 1 aliphatic rings. The normalized spacial score (nSPS) is 18.7. The summed E-state index contributed by atoms with van der Waals surface area (Å²) in [5, 5.41) is 54.8. The van der Waals surface area contributed by atoms with Crippen molar-refractivity contribution in [3.63, 3.8) is 0 Å². The van der Waals surface area contributed by atoms with Crippen LogP contribution in [0.15, 0.2) is 134 Å². The number of nitrogens with one attached hydrogen (secondary N) is 1. The molecule has 1 fully saturated rings. The Morgan fingerprint density at radius 2 is 0.716 bits per heavy atom. The Morgan fingerprint density at radius 3 is 1.09 bits per heavy atom. The van der Waals surface area contributed by atoms with Gasteiger partial charge < -0.3 is 40.3 Å². The third-order valence-electron chi connectivity index (χ3n) is 16.5. The van der Waals surface area contributed by atoms with Crippen molar-refractivity contribution in [2.45, 2.75) is 346 Å². The Balaban J connectivity index is 2.17. The van der Waals surface area contributed by atoms with E-state index in [0.29, 0.717) is 6.42 Å². The zero-order valence-electron chi connectivity index (χ0n) is 56.4. The molecule has 0 spiro atoms. The van der Waals surface area contributed by atoms with Gasteiger partial charge in [0.1, 0.15) is 24.4 Å². The van der Waals surface area contributed by atoms with Crippen LogP contribution in [0.1, 0.15) is 303 Å². The second-order valence-corrected chi connectivity index (χ2v) is 24.6. The van der Waals surface area contributed by atoms with Crippen LogP contribution in [0.2, 0.25) is 0 Å². The average Bonchev–Trinajstić information content (AvgIpc) is 3.29. The molecule has 0 saturated carbocycles. The number of carbonyl (C=O) groups is 1. The topological polar surface area (TPSA) is 149 Å². The van der Waals surface area contributed by atoms with E-state index in [1.807, 2.05) is 6.08 Å². The summed E-state index contributed by atoms with van der Waals surface area (Å²) in [6, 6.07) is -0.837. The number of hydrogen-bond acceptors (Lipinski definition) is 8. The van der Waals surface area contributed by atoms with E-state index in [4.69, 9.17) is 9.47 Å². The molecule has 6 N–H and O–H groups in total. The van der Waals surface area contributed by atoms with Gasteiger partial charge >= 0.3 is 0 Å². The van der Waals surface area contributed by atoms with Crippen LogP contribution >= 0.6 is 0 Å². The second-order valence-electron chi connectivity index (χ2n) is 24.6. The third kappa shape index (κ3) is 54.1. The van der Waals surface area contributed by atoms with E-state index in [0.717, 1.165) is 109 Å². The standard InChI is InChI=1S/C79H135NO8/c1-3-5-7-9-11-13-15-17-19-21-23-25-27-29-31-33-34-35-36-37-38-39-40-41-43-45-47-49-51-53-55-57-59-61-63-65-67-69-75(83)80-72(71-87-79-78(86)77(85)76(84)74(70-81)88-79)73(82)68-66-64-62-60-58-56-54-52-50-48-46-44-42-32-30-28-26-24-22-20-18-16-14-12-10-8-6-4-2/h5,7,11,13,17,19,23,25,29,31,34-35,37-38,40-41,45,47,58,60,66,68,72-74,76-79,81-82,84-86H,3-4,6,8-10,12,14-16,18,20-22,24,26-28,30,32-33,36,39,42-44,46,48-57,59,61-65,67,69-71H2,1-2H3,(H,80,83)/b7-5-,13-11-,19-17-,25-23-,31-29-,35-34-,38-37-,41-40-,47-45-,60-58+,68-66+. The Labute approximate surface area is 541 Å². The molecule has 0 aromatic carbocycles. The lowest BCUT2D eigenvalue weighted by molar-refractivity contribution is -0.302. The molecular formula is C79H135NO8. The number of aliphatic hydroxyl groups is 5. The quantitative estimate of drug-likeness (QED) is 0.0261. The molecule has 88 heavy (non-hydrogen) atoms. The predicted molar refractivity (Wildman–Crippen MR) is 377 cm³/mol. The van der Waals surface area contributed by atoms with Gasteiger partial charge in [0, 0.05) is 6.42 Å². The van der Waals surface area contributed by atoms with Crippen LogP contribution in [-0.4, -0.2) is 87.5 Å². The van der Waals surface area contributed by atoms with Crippen LogP contribution in [-0.2, 0) is 14.3 Å². The van der Waals surface area contributed by atoms with E-state index in [1.165, 1.54) is 173 Å². The van der Waals surface area contributed by atoms with Crippen LogP contribution in [0.25, 0.3) is 0 Å². The zero-order chi connectivity index (χ0) is 63.5. The minimum Gasteiger partial charge on any atom is -0.394 e. The fraction of sp³-hybridized carbons (Fsp3) is 0.709. The molecular weight excluding hydrogens is 1090 g/mol. The zero-order valence-corrected chi connectivity index (χ0v) is 56.4. The maximum absolute atomic E-state index is 13.1. The fourth-order valence-corrected chi connectivity index (χ4v) is 10.8. The Hall–Kier alpha value is -3.67. The number of unbranched alkanes of at least 4 members (excludes halogenated alkanes) is 32. The van der Waals surface area contributed by atoms with E-state index in [2.05, 4.69) is 141 Å². The number of rotatable bonds is 62. The first-order valence-electron chi connectivity index (χ1n) is 36.4. The molecule has 9 nitrogen and oxygen atoms in total. The minimum atomic E-state index is -1.58. The van der Waals surface area contributed by atoms with E-state index >= 15 is 0 Å². The van der Waals surface area contributed by atoms with Gasteiger partial charge in [-0.25, -0.2) is 0 Å². The van der Waals surface area contributed by atoms with Gasteiger partial charge in [0.2, 0.25) is 5.91 Å². The van der Waals surface area contributed by atoms with Crippen LogP contribution in [0, 0.1) is 0 Å². The summed E-state index contributed by atoms with van der Waals surface area (Å²) in [6.45, 7) is 3.67. The fourth-order valence-electron chi connectivity index (χ4n) is 10.8. The van der Waals surface area contributed by atoms with Gasteiger partial charge in [-0.15, -0.1) is 0 Å².